The van der Waals surface area contributed by atoms with Gasteiger partial charge in [0, 0.05) is 10.7 Å². The summed E-state index contributed by atoms with van der Waals surface area (Å²) in [5.74, 6) is 1.03. The normalized spacial score (nSPS) is 15.1. The maximum atomic E-state index is 13.7. The predicted octanol–water partition coefficient (Wildman–Crippen LogP) is 5.03. The molecule has 0 bridgehead atoms. The Labute approximate surface area is 197 Å². The second kappa shape index (κ2) is 8.04. The number of benzene rings is 2. The molecule has 166 valence electrons. The smallest absolute Gasteiger partial charge is 0.296 e. The summed E-state index contributed by atoms with van der Waals surface area (Å²) in [4.78, 5) is 33.2. The molecule has 5 rings (SSSR count). The lowest BCUT2D eigenvalue weighted by atomic mass is 9.98. The van der Waals surface area contributed by atoms with Gasteiger partial charge in [-0.25, -0.2) is 4.98 Å². The largest absolute Gasteiger partial charge is 0.493 e. The first kappa shape index (κ1) is 21.2. The van der Waals surface area contributed by atoms with Crippen LogP contribution in [0.25, 0.3) is 11.0 Å². The van der Waals surface area contributed by atoms with Gasteiger partial charge in [0.05, 0.1) is 31.2 Å². The van der Waals surface area contributed by atoms with E-state index in [1.807, 2.05) is 13.0 Å². The van der Waals surface area contributed by atoms with Gasteiger partial charge >= 0.3 is 0 Å². The van der Waals surface area contributed by atoms with Crippen molar-refractivity contribution in [1.82, 2.24) is 4.98 Å². The van der Waals surface area contributed by atoms with E-state index in [0.717, 1.165) is 10.0 Å². The summed E-state index contributed by atoms with van der Waals surface area (Å²) in [7, 11) is 3.08. The molecule has 0 spiro atoms. The van der Waals surface area contributed by atoms with Crippen molar-refractivity contribution < 1.29 is 18.7 Å². The van der Waals surface area contributed by atoms with Crippen LogP contribution >= 0.6 is 15.9 Å². The first-order valence-corrected chi connectivity index (χ1v) is 11.0. The average Bonchev–Trinajstić information content (AvgIpc) is 3.12. The van der Waals surface area contributed by atoms with E-state index in [4.69, 9.17) is 13.9 Å². The predicted molar refractivity (Wildman–Crippen MR) is 127 cm³/mol. The minimum atomic E-state index is -0.748. The number of anilines is 1. The molecule has 0 saturated heterocycles. The van der Waals surface area contributed by atoms with Crippen LogP contribution in [0.2, 0.25) is 0 Å². The van der Waals surface area contributed by atoms with E-state index < -0.39 is 11.9 Å². The van der Waals surface area contributed by atoms with Crippen molar-refractivity contribution >= 4 is 38.6 Å². The van der Waals surface area contributed by atoms with Crippen molar-refractivity contribution in [1.29, 1.82) is 0 Å². The van der Waals surface area contributed by atoms with E-state index in [0.29, 0.717) is 33.8 Å². The van der Waals surface area contributed by atoms with Crippen LogP contribution < -0.4 is 19.8 Å². The summed E-state index contributed by atoms with van der Waals surface area (Å²) in [6, 6.07) is 13.3. The van der Waals surface area contributed by atoms with Gasteiger partial charge in [0.2, 0.25) is 5.76 Å². The lowest BCUT2D eigenvalue weighted by molar-refractivity contribution is 0.0970. The number of nitrogens with zero attached hydrogens (tertiary/aromatic N) is 2. The van der Waals surface area contributed by atoms with E-state index in [1.54, 1.807) is 55.8 Å². The number of hydrogen-bond acceptors (Lipinski definition) is 6. The zero-order valence-electron chi connectivity index (χ0n) is 18.1. The van der Waals surface area contributed by atoms with Crippen LogP contribution in [0.15, 0.2) is 68.4 Å². The number of halogens is 1. The first-order chi connectivity index (χ1) is 15.9. The van der Waals surface area contributed by atoms with Gasteiger partial charge in [0.1, 0.15) is 11.4 Å². The molecule has 4 aromatic rings. The summed E-state index contributed by atoms with van der Waals surface area (Å²) in [6.45, 7) is 1.92. The molecule has 1 aliphatic rings. The van der Waals surface area contributed by atoms with Crippen LogP contribution in [0.4, 0.5) is 5.82 Å². The molecule has 0 radical (unpaired) electrons. The van der Waals surface area contributed by atoms with Crippen LogP contribution in [0.5, 0.6) is 11.5 Å². The molecule has 1 atom stereocenters. The Hall–Kier alpha value is -3.65. The molecule has 8 heteroatoms. The number of fused-ring (bicyclic) bond motifs is 2. The SMILES string of the molecule is COc1ccc(C2c3c(oc4ccc(Br)cc4c3=O)C(=O)N2c2ccc(C)cn2)cc1OC. The van der Waals surface area contributed by atoms with E-state index in [2.05, 4.69) is 20.9 Å². The Morgan fingerprint density at radius 1 is 1.00 bits per heavy atom. The van der Waals surface area contributed by atoms with Gasteiger partial charge in [-0.05, 0) is 54.4 Å². The van der Waals surface area contributed by atoms with Gasteiger partial charge in [-0.1, -0.05) is 28.1 Å². The molecule has 33 heavy (non-hydrogen) atoms. The molecule has 3 heterocycles. The molecule has 0 saturated carbocycles. The third-order valence-corrected chi connectivity index (χ3v) is 6.19. The van der Waals surface area contributed by atoms with Crippen molar-refractivity contribution in [2.45, 2.75) is 13.0 Å². The lowest BCUT2D eigenvalue weighted by Gasteiger charge is -2.25. The maximum absolute atomic E-state index is 13.7. The number of aromatic nitrogens is 1. The van der Waals surface area contributed by atoms with E-state index in [1.165, 1.54) is 12.0 Å². The quantitative estimate of drug-likeness (QED) is 0.386. The van der Waals surface area contributed by atoms with E-state index in [9.17, 15) is 9.59 Å². The van der Waals surface area contributed by atoms with Crippen LogP contribution in [0, 0.1) is 6.92 Å². The molecule has 1 unspecified atom stereocenters. The molecule has 2 aromatic carbocycles. The zero-order chi connectivity index (χ0) is 23.3. The fourth-order valence-electron chi connectivity index (χ4n) is 4.12. The number of ether oxygens (including phenoxy) is 2. The highest BCUT2D eigenvalue weighted by Gasteiger charge is 2.44. The molecule has 1 amide bonds. The Morgan fingerprint density at radius 2 is 1.79 bits per heavy atom. The number of carbonyl (C=O) groups excluding carboxylic acids is 1. The fraction of sp³-hybridized carbons (Fsp3) is 0.160. The molecule has 0 fully saturated rings. The topological polar surface area (TPSA) is 81.9 Å². The second-order valence-corrected chi connectivity index (χ2v) is 8.62. The molecular formula is C25H19BrN2O5. The Bertz CT molecular complexity index is 1460. The third kappa shape index (κ3) is 3.38. The van der Waals surface area contributed by atoms with Crippen LogP contribution in [0.1, 0.15) is 33.3 Å². The highest BCUT2D eigenvalue weighted by molar-refractivity contribution is 9.10. The number of carbonyl (C=O) groups is 1. The van der Waals surface area contributed by atoms with E-state index >= 15 is 0 Å². The number of rotatable bonds is 4. The van der Waals surface area contributed by atoms with Gasteiger partial charge in [-0.3, -0.25) is 14.5 Å². The number of amides is 1. The van der Waals surface area contributed by atoms with Crippen LogP contribution in [0.3, 0.4) is 0 Å². The summed E-state index contributed by atoms with van der Waals surface area (Å²) in [5.41, 5.74) is 1.97. The number of aryl methyl sites for hydroxylation is 1. The molecule has 1 aliphatic heterocycles. The minimum absolute atomic E-state index is 0.0111. The fourth-order valence-corrected chi connectivity index (χ4v) is 4.48. The standard InChI is InChI=1S/C25H19BrN2O5/c1-13-4-9-20(27-12-13)28-22(14-5-7-18(31-2)19(10-14)32-3)21-23(29)16-11-15(26)6-8-17(16)33-24(21)25(28)30/h4-12,22H,1-3H3. The highest BCUT2D eigenvalue weighted by Crippen LogP contribution is 2.42. The van der Waals surface area contributed by atoms with Crippen molar-refractivity contribution in [3.63, 3.8) is 0 Å². The molecule has 2 aromatic heterocycles. The highest BCUT2D eigenvalue weighted by atomic mass is 79.9. The van der Waals surface area contributed by atoms with Crippen molar-refractivity contribution in [2.75, 3.05) is 19.1 Å². The zero-order valence-corrected chi connectivity index (χ0v) is 19.7. The van der Waals surface area contributed by atoms with Crippen molar-refractivity contribution in [2.24, 2.45) is 0 Å². The summed E-state index contributed by atoms with van der Waals surface area (Å²) in [5, 5.41) is 0.389. The summed E-state index contributed by atoms with van der Waals surface area (Å²) >= 11 is 3.41. The van der Waals surface area contributed by atoms with Gasteiger partial charge in [-0.15, -0.1) is 0 Å². The second-order valence-electron chi connectivity index (χ2n) is 7.70. The Balaban J connectivity index is 1.81. The Kier molecular flexibility index (Phi) is 5.17. The van der Waals surface area contributed by atoms with Gasteiger partial charge in [-0.2, -0.15) is 0 Å². The van der Waals surface area contributed by atoms with E-state index in [-0.39, 0.29) is 16.8 Å². The first-order valence-electron chi connectivity index (χ1n) is 10.2. The molecule has 7 nitrogen and oxygen atoms in total. The average molecular weight is 507 g/mol. The Morgan fingerprint density at radius 3 is 2.48 bits per heavy atom. The van der Waals surface area contributed by atoms with Crippen LogP contribution in [-0.4, -0.2) is 25.1 Å². The summed E-state index contributed by atoms with van der Waals surface area (Å²) in [6.07, 6.45) is 1.68. The monoisotopic (exact) mass is 506 g/mol. The number of methoxy groups -OCH3 is 2. The van der Waals surface area contributed by atoms with Gasteiger partial charge in [0.15, 0.2) is 16.9 Å². The lowest BCUT2D eigenvalue weighted by Crippen LogP contribution is -2.30. The van der Waals surface area contributed by atoms with Crippen molar-refractivity contribution in [3.05, 3.63) is 91.9 Å². The maximum Gasteiger partial charge on any atom is 0.296 e. The van der Waals surface area contributed by atoms with Gasteiger partial charge < -0.3 is 13.9 Å². The number of hydrogen-bond donors (Lipinski definition) is 0. The molecular weight excluding hydrogens is 488 g/mol. The van der Waals surface area contributed by atoms with Gasteiger partial charge in [0.25, 0.3) is 5.91 Å². The minimum Gasteiger partial charge on any atom is -0.493 e. The number of pyridine rings is 1. The third-order valence-electron chi connectivity index (χ3n) is 5.70. The van der Waals surface area contributed by atoms with Crippen LogP contribution in [-0.2, 0) is 0 Å². The molecule has 0 aliphatic carbocycles. The summed E-state index contributed by atoms with van der Waals surface area (Å²) < 4.78 is 17.6. The van der Waals surface area contributed by atoms with Crippen molar-refractivity contribution in [3.8, 4) is 11.5 Å². The molecule has 0 N–H and O–H groups in total.